The number of carbonyl (C=O) groups is 1. The summed E-state index contributed by atoms with van der Waals surface area (Å²) in [5.74, 6) is -0.971. The van der Waals surface area contributed by atoms with Crippen LogP contribution >= 0.6 is 0 Å². The maximum absolute atomic E-state index is 13.0. The lowest BCUT2D eigenvalue weighted by Crippen LogP contribution is -2.38. The Morgan fingerprint density at radius 2 is 1.91 bits per heavy atom. The Morgan fingerprint density at radius 1 is 1.25 bits per heavy atom. The monoisotopic (exact) mass is 459 g/mol. The van der Waals surface area contributed by atoms with E-state index in [4.69, 9.17) is 9.47 Å². The Kier molecular flexibility index (Phi) is 7.29. The minimum absolute atomic E-state index is 0.0388. The molecule has 32 heavy (non-hydrogen) atoms. The highest BCUT2D eigenvalue weighted by atomic mass is 19.4. The number of amides is 1. The minimum Gasteiger partial charge on any atom is -0.493 e. The molecule has 0 spiro atoms. The van der Waals surface area contributed by atoms with Crippen molar-refractivity contribution in [1.82, 2.24) is 4.90 Å². The van der Waals surface area contributed by atoms with Crippen molar-refractivity contribution in [2.45, 2.75) is 63.8 Å². The highest BCUT2D eigenvalue weighted by Gasteiger charge is 2.48. The van der Waals surface area contributed by atoms with E-state index >= 15 is 0 Å². The number of methoxy groups -OCH3 is 1. The third-order valence-corrected chi connectivity index (χ3v) is 7.19. The van der Waals surface area contributed by atoms with Crippen LogP contribution in [0.5, 0.6) is 11.5 Å². The quantitative estimate of drug-likeness (QED) is 0.681. The van der Waals surface area contributed by atoms with Crippen molar-refractivity contribution in [3.05, 3.63) is 23.8 Å². The Morgan fingerprint density at radius 3 is 2.44 bits per heavy atom. The fourth-order valence-corrected chi connectivity index (χ4v) is 4.90. The van der Waals surface area contributed by atoms with Crippen LogP contribution in [0.1, 0.15) is 51.0 Å². The van der Waals surface area contributed by atoms with Gasteiger partial charge in [-0.15, -0.1) is 0 Å². The van der Waals surface area contributed by atoms with Crippen molar-refractivity contribution in [2.24, 2.45) is 11.3 Å². The topological polar surface area (TPSA) is 79.2 Å². The molecule has 2 fully saturated rings. The average Bonchev–Trinajstić information content (AvgIpc) is 3.12. The summed E-state index contributed by atoms with van der Waals surface area (Å²) < 4.78 is 50.4. The van der Waals surface area contributed by atoms with E-state index in [-0.39, 0.29) is 24.9 Å². The zero-order valence-corrected chi connectivity index (χ0v) is 18.7. The first-order valence-electron chi connectivity index (χ1n) is 11.0. The summed E-state index contributed by atoms with van der Waals surface area (Å²) in [5.41, 5.74) is 0.197. The van der Waals surface area contributed by atoms with Crippen LogP contribution in [0.2, 0.25) is 0 Å². The largest absolute Gasteiger partial charge is 0.493 e. The number of hydrogen-bond acceptors (Lipinski definition) is 5. The smallest absolute Gasteiger partial charge is 0.391 e. The number of halogens is 3. The number of alkyl halides is 3. The van der Waals surface area contributed by atoms with Crippen LogP contribution in [-0.4, -0.2) is 66.2 Å². The van der Waals surface area contributed by atoms with Crippen LogP contribution in [0.4, 0.5) is 13.2 Å². The fraction of sp³-hybridized carbons (Fsp3) is 0.696. The van der Waals surface area contributed by atoms with Gasteiger partial charge in [0.1, 0.15) is 6.61 Å². The molecular formula is C23H32F3NO5. The molecule has 2 aliphatic rings. The number of nitrogens with zero attached hydrogens (tertiary/aromatic N) is 1. The summed E-state index contributed by atoms with van der Waals surface area (Å²) in [6.07, 6.45) is -4.52. The van der Waals surface area contributed by atoms with Gasteiger partial charge in [0.05, 0.1) is 25.2 Å². The number of likely N-dealkylation sites (tertiary alicyclic amines) is 1. The van der Waals surface area contributed by atoms with Crippen molar-refractivity contribution < 1.29 is 37.7 Å². The third kappa shape index (κ3) is 4.98. The minimum atomic E-state index is -4.17. The number of rotatable bonds is 6. The molecule has 3 rings (SSSR count). The summed E-state index contributed by atoms with van der Waals surface area (Å²) >= 11 is 0. The molecule has 1 heterocycles. The first kappa shape index (κ1) is 24.6. The molecule has 1 aromatic rings. The van der Waals surface area contributed by atoms with Crippen LogP contribution in [0.25, 0.3) is 0 Å². The summed E-state index contributed by atoms with van der Waals surface area (Å²) in [7, 11) is 1.50. The first-order chi connectivity index (χ1) is 15.0. The van der Waals surface area contributed by atoms with E-state index in [0.717, 1.165) is 5.56 Å². The van der Waals surface area contributed by atoms with Gasteiger partial charge in [-0.1, -0.05) is 13.0 Å². The second kappa shape index (κ2) is 9.47. The number of aliphatic hydroxyl groups is 2. The van der Waals surface area contributed by atoms with Gasteiger partial charge < -0.3 is 24.6 Å². The zero-order valence-electron chi connectivity index (χ0n) is 18.7. The Labute approximate surface area is 186 Å². The lowest BCUT2D eigenvalue weighted by molar-refractivity contribution is -0.185. The van der Waals surface area contributed by atoms with Gasteiger partial charge >= 0.3 is 6.18 Å². The predicted molar refractivity (Wildman–Crippen MR) is 112 cm³/mol. The van der Waals surface area contributed by atoms with E-state index < -0.39 is 36.1 Å². The fourth-order valence-electron chi connectivity index (χ4n) is 4.90. The SMILES string of the molecule is COc1ccc([C@@H]2CN(C(=O)CO)C[C@@]2(C)[C@@H](C)O)cc1OC1CCC(C(F)(F)F)CC1. The average molecular weight is 460 g/mol. The first-order valence-corrected chi connectivity index (χ1v) is 11.0. The lowest BCUT2D eigenvalue weighted by atomic mass is 9.72. The van der Waals surface area contributed by atoms with Crippen molar-refractivity contribution in [1.29, 1.82) is 0 Å². The van der Waals surface area contributed by atoms with Crippen LogP contribution in [0.15, 0.2) is 18.2 Å². The molecule has 1 saturated heterocycles. The molecule has 0 bridgehead atoms. The molecule has 9 heteroatoms. The summed E-state index contributed by atoms with van der Waals surface area (Å²) in [5, 5.41) is 19.8. The van der Waals surface area contributed by atoms with Crippen LogP contribution in [0.3, 0.4) is 0 Å². The summed E-state index contributed by atoms with van der Waals surface area (Å²) in [6.45, 7) is 3.62. The normalized spacial score (nSPS) is 29.6. The Hall–Kier alpha value is -2.00. The molecule has 1 amide bonds. The molecule has 1 aliphatic carbocycles. The molecule has 1 aliphatic heterocycles. The van der Waals surface area contributed by atoms with Crippen molar-refractivity contribution in [3.8, 4) is 11.5 Å². The van der Waals surface area contributed by atoms with Crippen molar-refractivity contribution in [2.75, 3.05) is 26.8 Å². The van der Waals surface area contributed by atoms with Gasteiger partial charge in [0.15, 0.2) is 11.5 Å². The van der Waals surface area contributed by atoms with E-state index in [9.17, 15) is 28.2 Å². The highest BCUT2D eigenvalue weighted by Crippen LogP contribution is 2.47. The van der Waals surface area contributed by atoms with Gasteiger partial charge in [-0.05, 0) is 50.3 Å². The van der Waals surface area contributed by atoms with Crippen molar-refractivity contribution in [3.63, 3.8) is 0 Å². The second-order valence-electron chi connectivity index (χ2n) is 9.21. The molecule has 6 nitrogen and oxygen atoms in total. The lowest BCUT2D eigenvalue weighted by Gasteiger charge is -2.34. The zero-order chi connectivity index (χ0) is 23.7. The highest BCUT2D eigenvalue weighted by molar-refractivity contribution is 5.77. The van der Waals surface area contributed by atoms with E-state index in [2.05, 4.69) is 0 Å². The number of ether oxygens (including phenoxy) is 2. The van der Waals surface area contributed by atoms with Crippen LogP contribution < -0.4 is 9.47 Å². The van der Waals surface area contributed by atoms with Crippen LogP contribution in [0, 0.1) is 11.3 Å². The number of benzene rings is 1. The predicted octanol–water partition coefficient (Wildman–Crippen LogP) is 3.50. The van der Waals surface area contributed by atoms with Gasteiger partial charge in [0.25, 0.3) is 0 Å². The summed E-state index contributed by atoms with van der Waals surface area (Å²) in [4.78, 5) is 13.6. The maximum Gasteiger partial charge on any atom is 0.391 e. The molecule has 1 aromatic carbocycles. The van der Waals surface area contributed by atoms with E-state index in [1.54, 1.807) is 24.0 Å². The van der Waals surface area contributed by atoms with Gasteiger partial charge in [-0.25, -0.2) is 0 Å². The molecule has 0 unspecified atom stereocenters. The molecule has 180 valence electrons. The molecule has 2 N–H and O–H groups in total. The molecular weight excluding hydrogens is 427 g/mol. The molecule has 3 atom stereocenters. The summed E-state index contributed by atoms with van der Waals surface area (Å²) in [6, 6.07) is 5.39. The van der Waals surface area contributed by atoms with Gasteiger partial charge in [0.2, 0.25) is 5.91 Å². The van der Waals surface area contributed by atoms with Gasteiger partial charge in [-0.3, -0.25) is 4.79 Å². The maximum atomic E-state index is 13.0. The number of carbonyl (C=O) groups excluding carboxylic acids is 1. The number of aliphatic hydroxyl groups excluding tert-OH is 2. The Bertz CT molecular complexity index is 807. The molecule has 0 aromatic heterocycles. The van der Waals surface area contributed by atoms with Crippen LogP contribution in [-0.2, 0) is 4.79 Å². The second-order valence-corrected chi connectivity index (χ2v) is 9.21. The Balaban J connectivity index is 1.82. The molecule has 1 saturated carbocycles. The van der Waals surface area contributed by atoms with Crippen molar-refractivity contribution >= 4 is 5.91 Å². The van der Waals surface area contributed by atoms with E-state index in [0.29, 0.717) is 37.4 Å². The molecule has 0 radical (unpaired) electrons. The third-order valence-electron chi connectivity index (χ3n) is 7.19. The van der Waals surface area contributed by atoms with Gasteiger partial charge in [0, 0.05) is 24.4 Å². The number of hydrogen-bond donors (Lipinski definition) is 2. The van der Waals surface area contributed by atoms with Gasteiger partial charge in [-0.2, -0.15) is 13.2 Å². The van der Waals surface area contributed by atoms with E-state index in [1.165, 1.54) is 7.11 Å². The van der Waals surface area contributed by atoms with E-state index in [1.807, 2.05) is 13.0 Å². The standard InChI is InChI=1S/C23H32F3NO5/c1-14(29)22(2)13-27(21(30)12-28)11-18(22)15-4-9-19(31-3)20(10-15)32-17-7-5-16(6-8-17)23(24,25)26/h4,9-10,14,16-18,28-29H,5-8,11-13H2,1-3H3/t14-,16?,17?,18+,22+/m1/s1.